The molecule has 14 heavy (non-hydrogen) atoms. The van der Waals surface area contributed by atoms with Crippen molar-refractivity contribution in [1.29, 1.82) is 0 Å². The zero-order valence-corrected chi connectivity index (χ0v) is 8.74. The van der Waals surface area contributed by atoms with Crippen molar-refractivity contribution in [2.24, 2.45) is 5.73 Å². The van der Waals surface area contributed by atoms with Gasteiger partial charge in [0, 0.05) is 6.54 Å². The van der Waals surface area contributed by atoms with Gasteiger partial charge in [0.25, 0.3) is 0 Å². The fourth-order valence-electron chi connectivity index (χ4n) is 2.23. The maximum absolute atomic E-state index is 5.58. The molecule has 0 spiro atoms. The highest BCUT2D eigenvalue weighted by Crippen LogP contribution is 2.28. The van der Waals surface area contributed by atoms with Crippen LogP contribution >= 0.6 is 0 Å². The fraction of sp³-hybridized carbons (Fsp3) is 0.800. The minimum absolute atomic E-state index is 0.499. The zero-order valence-electron chi connectivity index (χ0n) is 8.74. The molecule has 0 atom stereocenters. The Labute approximate surface area is 84.5 Å². The van der Waals surface area contributed by atoms with Gasteiger partial charge in [0.05, 0.1) is 17.4 Å². The van der Waals surface area contributed by atoms with Gasteiger partial charge in [-0.2, -0.15) is 0 Å². The van der Waals surface area contributed by atoms with Crippen LogP contribution < -0.4 is 5.73 Å². The maximum atomic E-state index is 5.58. The van der Waals surface area contributed by atoms with Crippen molar-refractivity contribution in [3.8, 4) is 0 Å². The van der Waals surface area contributed by atoms with E-state index in [1.165, 1.54) is 32.1 Å². The van der Waals surface area contributed by atoms with Crippen LogP contribution in [0.3, 0.4) is 0 Å². The van der Waals surface area contributed by atoms with Crippen molar-refractivity contribution >= 4 is 0 Å². The molecule has 1 heterocycles. The van der Waals surface area contributed by atoms with E-state index in [2.05, 4.69) is 21.9 Å². The van der Waals surface area contributed by atoms with Crippen LogP contribution in [0.5, 0.6) is 0 Å². The van der Waals surface area contributed by atoms with E-state index in [0.29, 0.717) is 12.6 Å². The summed E-state index contributed by atoms with van der Waals surface area (Å²) in [6.45, 7) is 2.56. The largest absolute Gasteiger partial charge is 0.325 e. The first-order chi connectivity index (χ1) is 6.83. The number of hydrogen-bond donors (Lipinski definition) is 1. The van der Waals surface area contributed by atoms with Crippen molar-refractivity contribution in [3.63, 3.8) is 0 Å². The second-order valence-corrected chi connectivity index (χ2v) is 4.06. The van der Waals surface area contributed by atoms with Gasteiger partial charge >= 0.3 is 0 Å². The van der Waals surface area contributed by atoms with Gasteiger partial charge in [-0.15, -0.1) is 5.10 Å². The van der Waals surface area contributed by atoms with Gasteiger partial charge in [0.2, 0.25) is 0 Å². The molecule has 4 heteroatoms. The van der Waals surface area contributed by atoms with Crippen LogP contribution in [0.1, 0.15) is 49.5 Å². The van der Waals surface area contributed by atoms with E-state index in [9.17, 15) is 0 Å². The third-order valence-corrected chi connectivity index (χ3v) is 3.14. The predicted molar refractivity (Wildman–Crippen MR) is 54.8 cm³/mol. The van der Waals surface area contributed by atoms with Crippen molar-refractivity contribution in [2.45, 2.75) is 51.6 Å². The first kappa shape index (κ1) is 9.65. The second-order valence-electron chi connectivity index (χ2n) is 4.06. The third-order valence-electron chi connectivity index (χ3n) is 3.14. The van der Waals surface area contributed by atoms with E-state index in [1.54, 1.807) is 0 Å². The van der Waals surface area contributed by atoms with Crippen molar-refractivity contribution in [2.75, 3.05) is 0 Å². The Hall–Kier alpha value is -0.900. The monoisotopic (exact) mass is 194 g/mol. The van der Waals surface area contributed by atoms with Gasteiger partial charge in [0.15, 0.2) is 0 Å². The van der Waals surface area contributed by atoms with Crippen molar-refractivity contribution in [1.82, 2.24) is 15.0 Å². The van der Waals surface area contributed by atoms with Crippen molar-refractivity contribution < 1.29 is 0 Å². The lowest BCUT2D eigenvalue weighted by molar-refractivity contribution is 0.319. The molecule has 0 aliphatic heterocycles. The second kappa shape index (κ2) is 4.09. The molecule has 0 saturated heterocycles. The molecule has 1 aliphatic carbocycles. The van der Waals surface area contributed by atoms with Gasteiger partial charge in [-0.25, -0.2) is 4.68 Å². The molecule has 1 fully saturated rings. The van der Waals surface area contributed by atoms with Crippen molar-refractivity contribution in [3.05, 3.63) is 11.4 Å². The number of hydrogen-bond acceptors (Lipinski definition) is 3. The lowest BCUT2D eigenvalue weighted by atomic mass is 9.95. The summed E-state index contributed by atoms with van der Waals surface area (Å²) in [5.74, 6) is 0. The Kier molecular flexibility index (Phi) is 2.82. The lowest BCUT2D eigenvalue weighted by Crippen LogP contribution is -2.15. The van der Waals surface area contributed by atoms with Crippen LogP contribution in [0, 0.1) is 6.92 Å². The number of rotatable bonds is 2. The number of nitrogens with zero attached hydrogens (tertiary/aromatic N) is 3. The summed E-state index contributed by atoms with van der Waals surface area (Å²) >= 11 is 0. The molecular formula is C10H18N4. The van der Waals surface area contributed by atoms with Crippen LogP contribution in [-0.4, -0.2) is 15.0 Å². The highest BCUT2D eigenvalue weighted by atomic mass is 15.4. The van der Waals surface area contributed by atoms with Crippen LogP contribution in [0.4, 0.5) is 0 Å². The Morgan fingerprint density at radius 2 is 2.07 bits per heavy atom. The molecular weight excluding hydrogens is 176 g/mol. The Balaban J connectivity index is 2.18. The topological polar surface area (TPSA) is 56.7 Å². The Morgan fingerprint density at radius 3 is 2.64 bits per heavy atom. The molecule has 1 aliphatic rings. The van der Waals surface area contributed by atoms with E-state index < -0.39 is 0 Å². The smallest absolute Gasteiger partial charge is 0.0991 e. The minimum atomic E-state index is 0.499. The average Bonchev–Trinajstić information content (AvgIpc) is 2.61. The first-order valence-corrected chi connectivity index (χ1v) is 5.43. The number of nitrogens with two attached hydrogens (primary N) is 1. The number of aromatic nitrogens is 3. The van der Waals surface area contributed by atoms with Gasteiger partial charge in [0.1, 0.15) is 0 Å². The van der Waals surface area contributed by atoms with E-state index in [1.807, 2.05) is 0 Å². The molecule has 0 radical (unpaired) electrons. The molecule has 1 aromatic heterocycles. The van der Waals surface area contributed by atoms with Crippen LogP contribution in [0.25, 0.3) is 0 Å². The summed E-state index contributed by atoms with van der Waals surface area (Å²) in [7, 11) is 0. The molecule has 0 bridgehead atoms. The zero-order chi connectivity index (χ0) is 9.97. The summed E-state index contributed by atoms with van der Waals surface area (Å²) in [4.78, 5) is 0. The summed E-state index contributed by atoms with van der Waals surface area (Å²) in [6.07, 6.45) is 6.50. The minimum Gasteiger partial charge on any atom is -0.325 e. The van der Waals surface area contributed by atoms with E-state index in [4.69, 9.17) is 5.73 Å². The molecule has 0 unspecified atom stereocenters. The normalized spacial score (nSPS) is 18.7. The molecule has 78 valence electrons. The molecule has 1 aromatic rings. The maximum Gasteiger partial charge on any atom is 0.0991 e. The fourth-order valence-corrected chi connectivity index (χ4v) is 2.23. The van der Waals surface area contributed by atoms with E-state index >= 15 is 0 Å². The standard InChI is InChI=1S/C10H18N4/c1-8-10(7-11)12-13-14(8)9-5-3-2-4-6-9/h9H,2-7,11H2,1H3. The summed E-state index contributed by atoms with van der Waals surface area (Å²) in [5, 5.41) is 8.29. The Morgan fingerprint density at radius 1 is 1.36 bits per heavy atom. The first-order valence-electron chi connectivity index (χ1n) is 5.43. The summed E-state index contributed by atoms with van der Waals surface area (Å²) < 4.78 is 2.07. The molecule has 4 nitrogen and oxygen atoms in total. The van der Waals surface area contributed by atoms with E-state index in [-0.39, 0.29) is 0 Å². The van der Waals surface area contributed by atoms with Crippen LogP contribution in [0.2, 0.25) is 0 Å². The summed E-state index contributed by atoms with van der Waals surface area (Å²) in [5.41, 5.74) is 7.67. The predicted octanol–water partition coefficient (Wildman–Crippen LogP) is 1.55. The molecule has 2 N–H and O–H groups in total. The highest BCUT2D eigenvalue weighted by molar-refractivity contribution is 5.08. The lowest BCUT2D eigenvalue weighted by Gasteiger charge is -2.22. The SMILES string of the molecule is Cc1c(CN)nnn1C1CCCCC1. The van der Waals surface area contributed by atoms with Gasteiger partial charge in [-0.3, -0.25) is 0 Å². The third kappa shape index (κ3) is 1.66. The van der Waals surface area contributed by atoms with Gasteiger partial charge in [-0.1, -0.05) is 24.5 Å². The quantitative estimate of drug-likeness (QED) is 0.777. The van der Waals surface area contributed by atoms with Gasteiger partial charge in [-0.05, 0) is 19.8 Å². The van der Waals surface area contributed by atoms with Gasteiger partial charge < -0.3 is 5.73 Å². The molecule has 0 aromatic carbocycles. The highest BCUT2D eigenvalue weighted by Gasteiger charge is 2.19. The average molecular weight is 194 g/mol. The summed E-state index contributed by atoms with van der Waals surface area (Å²) in [6, 6.07) is 0.566. The van der Waals surface area contributed by atoms with E-state index in [0.717, 1.165) is 11.4 Å². The van der Waals surface area contributed by atoms with Crippen LogP contribution in [-0.2, 0) is 6.54 Å². The molecule has 1 saturated carbocycles. The van der Waals surface area contributed by atoms with Crippen LogP contribution in [0.15, 0.2) is 0 Å². The Bertz CT molecular complexity index is 299. The molecule has 2 rings (SSSR count). The molecule has 0 amide bonds.